The molecule has 0 aromatic heterocycles. The van der Waals surface area contributed by atoms with Crippen LogP contribution in [0.15, 0.2) is 0 Å². The van der Waals surface area contributed by atoms with Crippen LogP contribution in [0.25, 0.3) is 0 Å². The topological polar surface area (TPSA) is 0 Å². The van der Waals surface area contributed by atoms with Gasteiger partial charge in [-0.05, 0) is 60.2 Å². The van der Waals surface area contributed by atoms with Gasteiger partial charge in [0.1, 0.15) is 0 Å². The molecule has 70 valence electrons. The lowest BCUT2D eigenvalue weighted by atomic mass is 9.60. The van der Waals surface area contributed by atoms with E-state index in [-0.39, 0.29) is 0 Å². The van der Waals surface area contributed by atoms with Gasteiger partial charge in [0.15, 0.2) is 0 Å². The summed E-state index contributed by atoms with van der Waals surface area (Å²) in [7, 11) is 0. The minimum absolute atomic E-state index is 0.380. The molecule has 2 heteroatoms. The molecule has 13 heavy (non-hydrogen) atoms. The minimum Gasteiger partial charge on any atom is -0.0721 e. The molecule has 0 heterocycles. The van der Waals surface area contributed by atoms with E-state index in [2.05, 4.69) is 31.9 Å². The molecule has 0 nitrogen and oxygen atoms in total. The van der Waals surface area contributed by atoms with Gasteiger partial charge in [-0.3, -0.25) is 0 Å². The van der Waals surface area contributed by atoms with Gasteiger partial charge >= 0.3 is 0 Å². The zero-order chi connectivity index (χ0) is 8.53. The fraction of sp³-hybridized carbons (Fsp3) is 1.00. The summed E-state index contributed by atoms with van der Waals surface area (Å²) in [5.41, 5.74) is 0. The van der Waals surface area contributed by atoms with Crippen LogP contribution in [0.2, 0.25) is 0 Å². The van der Waals surface area contributed by atoms with E-state index < -0.39 is 0 Å². The van der Waals surface area contributed by atoms with Crippen LogP contribution in [-0.4, -0.2) is 3.23 Å². The average molecular weight is 304 g/mol. The maximum Gasteiger partial charge on any atom is 0.0872 e. The second kappa shape index (κ2) is 1.71. The van der Waals surface area contributed by atoms with Gasteiger partial charge in [-0.25, -0.2) is 0 Å². The van der Waals surface area contributed by atoms with Crippen molar-refractivity contribution in [3.05, 3.63) is 0 Å². The summed E-state index contributed by atoms with van der Waals surface area (Å²) in [5.74, 6) is 8.83. The summed E-state index contributed by atoms with van der Waals surface area (Å²) >= 11 is 8.01. The average Bonchev–Trinajstić information content (AvgIpc) is 2.44. The van der Waals surface area contributed by atoms with Crippen molar-refractivity contribution in [3.8, 4) is 0 Å². The highest BCUT2D eigenvalue weighted by molar-refractivity contribution is 9.25. The fourth-order valence-corrected chi connectivity index (χ4v) is 9.04. The van der Waals surface area contributed by atoms with Gasteiger partial charge in [0, 0.05) is 0 Å². The lowest BCUT2D eigenvalue weighted by Gasteiger charge is -2.49. The smallest absolute Gasteiger partial charge is 0.0721 e. The molecule has 8 atom stereocenters. The molecule has 5 fully saturated rings. The zero-order valence-corrected chi connectivity index (χ0v) is 10.5. The number of fused-ring (bicyclic) bond motifs is 2. The highest BCUT2D eigenvalue weighted by Gasteiger charge is 2.83. The van der Waals surface area contributed by atoms with Crippen LogP contribution in [0, 0.1) is 47.3 Å². The van der Waals surface area contributed by atoms with Crippen molar-refractivity contribution in [3.63, 3.8) is 0 Å². The van der Waals surface area contributed by atoms with Crippen molar-refractivity contribution < 1.29 is 0 Å². The summed E-state index contributed by atoms with van der Waals surface area (Å²) in [6.45, 7) is 0. The van der Waals surface area contributed by atoms with Gasteiger partial charge in [0.2, 0.25) is 0 Å². The Morgan fingerprint density at radius 2 is 1.46 bits per heavy atom. The third-order valence-electron chi connectivity index (χ3n) is 6.25. The largest absolute Gasteiger partial charge is 0.0872 e. The Bertz CT molecular complexity index is 318. The van der Waals surface area contributed by atoms with Gasteiger partial charge in [-0.1, -0.05) is 31.9 Å². The van der Waals surface area contributed by atoms with E-state index in [1.807, 2.05) is 0 Å². The van der Waals surface area contributed by atoms with Crippen molar-refractivity contribution in [1.29, 1.82) is 0 Å². The molecule has 5 saturated carbocycles. The molecule has 0 radical (unpaired) electrons. The van der Waals surface area contributed by atoms with Crippen molar-refractivity contribution >= 4 is 31.9 Å². The number of hydrogen-bond donors (Lipinski definition) is 0. The predicted molar refractivity (Wildman–Crippen MR) is 57.7 cm³/mol. The lowest BCUT2D eigenvalue weighted by Crippen LogP contribution is -2.47. The van der Waals surface area contributed by atoms with Gasteiger partial charge in [-0.2, -0.15) is 0 Å². The molecule has 5 rings (SSSR count). The van der Waals surface area contributed by atoms with Crippen molar-refractivity contribution in [2.75, 3.05) is 0 Å². The molecular formula is C11H12Br2. The van der Waals surface area contributed by atoms with Crippen LogP contribution in [-0.2, 0) is 0 Å². The summed E-state index contributed by atoms with van der Waals surface area (Å²) in [6, 6.07) is 0. The first-order valence-corrected chi connectivity index (χ1v) is 7.17. The first-order chi connectivity index (χ1) is 6.21. The molecular weight excluding hydrogens is 292 g/mol. The Hall–Kier alpha value is 0.960. The standard InChI is InChI=1S/C11H12Br2/c12-11(13)9-4-2-5-7-3(4)1-6(9)8(7)10(5)11/h3-10H,1-2H2. The SMILES string of the molecule is BrC1(Br)C2C3CC4C5C3CC2C5C41. The van der Waals surface area contributed by atoms with Crippen LogP contribution >= 0.6 is 31.9 Å². The van der Waals surface area contributed by atoms with Crippen LogP contribution in [0.1, 0.15) is 12.8 Å². The van der Waals surface area contributed by atoms with Crippen molar-refractivity contribution in [2.24, 2.45) is 47.3 Å². The van der Waals surface area contributed by atoms with E-state index >= 15 is 0 Å². The molecule has 8 unspecified atom stereocenters. The fourth-order valence-electron chi connectivity index (χ4n) is 6.39. The monoisotopic (exact) mass is 302 g/mol. The Kier molecular flexibility index (Phi) is 0.954. The Balaban J connectivity index is 1.85. The van der Waals surface area contributed by atoms with Crippen molar-refractivity contribution in [2.45, 2.75) is 16.1 Å². The van der Waals surface area contributed by atoms with Crippen LogP contribution in [0.3, 0.4) is 0 Å². The van der Waals surface area contributed by atoms with Crippen LogP contribution < -0.4 is 0 Å². The molecule has 0 aromatic carbocycles. The zero-order valence-electron chi connectivity index (χ0n) is 7.29. The summed E-state index contributed by atoms with van der Waals surface area (Å²) in [6.07, 6.45) is 3.19. The molecule has 2 bridgehead atoms. The quantitative estimate of drug-likeness (QED) is 0.603. The third kappa shape index (κ3) is 0.480. The van der Waals surface area contributed by atoms with E-state index in [0.29, 0.717) is 3.23 Å². The number of rotatable bonds is 0. The van der Waals surface area contributed by atoms with Gasteiger partial charge in [-0.15, -0.1) is 0 Å². The molecule has 5 aliphatic rings. The third-order valence-corrected chi connectivity index (χ3v) is 8.37. The van der Waals surface area contributed by atoms with E-state index in [1.165, 1.54) is 11.8 Å². The summed E-state index contributed by atoms with van der Waals surface area (Å²) in [4.78, 5) is 0. The van der Waals surface area contributed by atoms with Crippen LogP contribution in [0.5, 0.6) is 0 Å². The highest BCUT2D eigenvalue weighted by atomic mass is 79.9. The highest BCUT2D eigenvalue weighted by Crippen LogP contribution is 2.87. The Labute approximate surface area is 95.1 Å². The number of hydrogen-bond acceptors (Lipinski definition) is 0. The van der Waals surface area contributed by atoms with Crippen molar-refractivity contribution in [1.82, 2.24) is 0 Å². The van der Waals surface area contributed by atoms with E-state index in [1.54, 1.807) is 12.8 Å². The molecule has 0 amide bonds. The van der Waals surface area contributed by atoms with Gasteiger partial charge in [0.05, 0.1) is 3.23 Å². The van der Waals surface area contributed by atoms with E-state index in [4.69, 9.17) is 0 Å². The maximum atomic E-state index is 4.01. The normalized spacial score (nSPS) is 78.0. The molecule has 0 saturated heterocycles. The second-order valence-corrected chi connectivity index (χ2v) is 9.70. The summed E-state index contributed by atoms with van der Waals surface area (Å²) in [5, 5.41) is 0. The maximum absolute atomic E-state index is 4.01. The van der Waals surface area contributed by atoms with E-state index in [0.717, 1.165) is 35.5 Å². The predicted octanol–water partition coefficient (Wildman–Crippen LogP) is 3.25. The van der Waals surface area contributed by atoms with Gasteiger partial charge in [0.25, 0.3) is 0 Å². The summed E-state index contributed by atoms with van der Waals surface area (Å²) < 4.78 is 0.380. The lowest BCUT2D eigenvalue weighted by molar-refractivity contribution is 0.0251. The molecule has 0 aliphatic heterocycles. The molecule has 5 aliphatic carbocycles. The van der Waals surface area contributed by atoms with Gasteiger partial charge < -0.3 is 0 Å². The number of halogens is 2. The number of alkyl halides is 2. The first kappa shape index (κ1) is 7.27. The Morgan fingerprint density at radius 3 is 2.31 bits per heavy atom. The van der Waals surface area contributed by atoms with Crippen LogP contribution in [0.4, 0.5) is 0 Å². The minimum atomic E-state index is 0.380. The van der Waals surface area contributed by atoms with E-state index in [9.17, 15) is 0 Å². The first-order valence-electron chi connectivity index (χ1n) is 5.59. The molecule has 0 aromatic rings. The molecule has 0 spiro atoms. The Morgan fingerprint density at radius 1 is 0.769 bits per heavy atom. The second-order valence-electron chi connectivity index (χ2n) is 6.01. The molecule has 0 N–H and O–H groups in total.